The summed E-state index contributed by atoms with van der Waals surface area (Å²) in [7, 11) is 0. The normalized spacial score (nSPS) is 25.1. The van der Waals surface area contributed by atoms with E-state index in [0.717, 1.165) is 0 Å². The van der Waals surface area contributed by atoms with Gasteiger partial charge in [-0.15, -0.1) is 11.8 Å². The quantitative estimate of drug-likeness (QED) is 0.0864. The molecule has 2 saturated heterocycles. The van der Waals surface area contributed by atoms with E-state index in [1.54, 1.807) is 6.92 Å². The molecular weight excluding hydrogens is 568 g/mol. The predicted molar refractivity (Wildman–Crippen MR) is 154 cm³/mol. The summed E-state index contributed by atoms with van der Waals surface area (Å²) in [4.78, 5) is 66.9. The zero-order valence-corrected chi connectivity index (χ0v) is 24.6. The van der Waals surface area contributed by atoms with Crippen LogP contribution < -0.4 is 10.6 Å². The van der Waals surface area contributed by atoms with Crippen molar-refractivity contribution in [3.05, 3.63) is 48.6 Å². The van der Waals surface area contributed by atoms with Crippen molar-refractivity contribution in [3.8, 4) is 0 Å². The van der Waals surface area contributed by atoms with Crippen LogP contribution in [0.3, 0.4) is 0 Å². The van der Waals surface area contributed by atoms with E-state index in [9.17, 15) is 29.1 Å². The fourth-order valence-corrected chi connectivity index (χ4v) is 6.77. The molecule has 0 spiro atoms. The highest BCUT2D eigenvalue weighted by atomic mass is 32.2. The second-order valence-electron chi connectivity index (χ2n) is 9.97. The fraction of sp³-hybridized carbons (Fsp3) is 0.536. The van der Waals surface area contributed by atoms with E-state index in [1.165, 1.54) is 39.8 Å². The molecule has 3 N–H and O–H groups in total. The number of aliphatic hydroxyl groups is 1. The maximum Gasteiger partial charge on any atom is 0.410 e. The van der Waals surface area contributed by atoms with Crippen LogP contribution in [0.2, 0.25) is 0 Å². The molecule has 42 heavy (non-hydrogen) atoms. The van der Waals surface area contributed by atoms with Gasteiger partial charge in [0.1, 0.15) is 31.6 Å². The van der Waals surface area contributed by atoms with Crippen LogP contribution in [0.15, 0.2) is 48.6 Å². The Labute approximate surface area is 249 Å². The molecule has 0 bridgehead atoms. The summed E-state index contributed by atoms with van der Waals surface area (Å²) in [6.45, 7) is 14.3. The zero-order chi connectivity index (χ0) is 31.0. The van der Waals surface area contributed by atoms with Gasteiger partial charge in [0.15, 0.2) is 0 Å². The van der Waals surface area contributed by atoms with E-state index in [0.29, 0.717) is 4.91 Å². The van der Waals surface area contributed by atoms with Crippen LogP contribution in [0.1, 0.15) is 20.3 Å². The van der Waals surface area contributed by atoms with E-state index >= 15 is 0 Å². The van der Waals surface area contributed by atoms with Gasteiger partial charge < -0.3 is 34.9 Å². The number of nitrogens with zero attached hydrogens (tertiary/aromatic N) is 2. The number of alkyl carbamates (subject to hydrolysis) is 1. The molecule has 2 unspecified atom stereocenters. The number of nitrogens with one attached hydrogen (secondary N) is 2. The van der Waals surface area contributed by atoms with Crippen LogP contribution in [-0.2, 0) is 28.6 Å². The zero-order valence-electron chi connectivity index (χ0n) is 23.8. The number of esters is 1. The molecule has 0 saturated carbocycles. The minimum atomic E-state index is -0.899. The molecule has 6 atom stereocenters. The van der Waals surface area contributed by atoms with Gasteiger partial charge in [0.25, 0.3) is 0 Å². The molecule has 0 aromatic heterocycles. The molecule has 3 aliphatic heterocycles. The summed E-state index contributed by atoms with van der Waals surface area (Å²) in [5.41, 5.74) is 0.115. The lowest BCUT2D eigenvalue weighted by molar-refractivity contribution is -0.164. The number of hydrogen-bond donors (Lipinski definition) is 3. The third-order valence-electron chi connectivity index (χ3n) is 7.08. The number of likely N-dealkylation sites (tertiary alicyclic amines) is 1. The van der Waals surface area contributed by atoms with Crippen molar-refractivity contribution in [2.75, 3.05) is 39.5 Å². The lowest BCUT2D eigenvalue weighted by Gasteiger charge is -2.46. The molecule has 13 nitrogen and oxygen atoms in total. The Hall–Kier alpha value is -3.78. The van der Waals surface area contributed by atoms with Crippen molar-refractivity contribution in [1.82, 2.24) is 20.4 Å². The van der Waals surface area contributed by atoms with Crippen molar-refractivity contribution in [1.29, 1.82) is 0 Å². The molecule has 2 fully saturated rings. The Bertz CT molecular complexity index is 1140. The summed E-state index contributed by atoms with van der Waals surface area (Å²) in [5.74, 6) is -2.43. The number of carbonyl (C=O) groups is 5. The van der Waals surface area contributed by atoms with Crippen LogP contribution in [0, 0.1) is 11.8 Å². The highest BCUT2D eigenvalue weighted by Gasteiger charge is 2.60. The van der Waals surface area contributed by atoms with E-state index in [2.05, 4.69) is 30.4 Å². The average Bonchev–Trinajstić information content (AvgIpc) is 3.48. The first-order valence-corrected chi connectivity index (χ1v) is 14.5. The topological polar surface area (TPSA) is 164 Å². The SMILES string of the molecule is C=CCOC(=O)NCCNC(=O)[C@@H]1C[C@H](SC2=C(C(=O)OCC=C)N3C(=O)C([C@@H](C)O)C3[C@H]2C)CN1C(=O)OCC=C. The Morgan fingerprint density at radius 2 is 1.67 bits per heavy atom. The van der Waals surface area contributed by atoms with Gasteiger partial charge in [0.2, 0.25) is 11.8 Å². The number of ether oxygens (including phenoxy) is 3. The number of amides is 4. The van der Waals surface area contributed by atoms with Crippen LogP contribution in [0.25, 0.3) is 0 Å². The van der Waals surface area contributed by atoms with Gasteiger partial charge >= 0.3 is 18.2 Å². The third kappa shape index (κ3) is 7.16. The number of rotatable bonds is 14. The predicted octanol–water partition coefficient (Wildman–Crippen LogP) is 1.31. The lowest BCUT2D eigenvalue weighted by Crippen LogP contribution is -2.63. The minimum absolute atomic E-state index is 0.0425. The van der Waals surface area contributed by atoms with E-state index in [4.69, 9.17) is 14.2 Å². The maximum atomic E-state index is 13.1. The standard InChI is InChI=1S/C28H38N4O9S/c1-6-11-39-26(36)22-23(16(4)21-20(17(5)33)25(35)32(21)22)42-18-14-19(31(15-18)28(38)41-13-8-3)24(34)29-9-10-30-27(37)40-12-7-2/h6-8,16-21,33H,1-3,9-15H2,4-5H3,(H,29,34)(H,30,37)/t16-,17-,18+,19+,20?,21?/m1/s1. The first-order valence-electron chi connectivity index (χ1n) is 13.6. The second-order valence-corrected chi connectivity index (χ2v) is 11.3. The van der Waals surface area contributed by atoms with Gasteiger partial charge in [0.05, 0.1) is 18.1 Å². The first-order chi connectivity index (χ1) is 20.1. The molecule has 0 aliphatic carbocycles. The summed E-state index contributed by atoms with van der Waals surface area (Å²) < 4.78 is 15.3. The molecule has 3 aliphatic rings. The first kappa shape index (κ1) is 32.7. The Morgan fingerprint density at radius 1 is 1.05 bits per heavy atom. The van der Waals surface area contributed by atoms with Crippen molar-refractivity contribution in [2.45, 2.75) is 43.7 Å². The Morgan fingerprint density at radius 3 is 2.31 bits per heavy atom. The molecule has 4 amide bonds. The molecular formula is C28H38N4O9S. The van der Waals surface area contributed by atoms with Gasteiger partial charge in [-0.05, 0) is 13.3 Å². The van der Waals surface area contributed by atoms with E-state index in [-0.39, 0.29) is 68.6 Å². The summed E-state index contributed by atoms with van der Waals surface area (Å²) in [6, 6.07) is -1.30. The number of carbonyl (C=O) groups excluding carboxylic acids is 5. The molecule has 14 heteroatoms. The van der Waals surface area contributed by atoms with Gasteiger partial charge in [-0.3, -0.25) is 14.5 Å². The Balaban J connectivity index is 1.76. The van der Waals surface area contributed by atoms with Crippen molar-refractivity contribution >= 4 is 41.7 Å². The lowest BCUT2D eigenvalue weighted by atomic mass is 9.79. The number of β-lactam (4-membered cyclic amide) rings is 1. The average molecular weight is 607 g/mol. The molecule has 230 valence electrons. The molecule has 0 aromatic carbocycles. The van der Waals surface area contributed by atoms with Crippen LogP contribution in [-0.4, -0.2) is 108 Å². The van der Waals surface area contributed by atoms with Gasteiger partial charge in [0, 0.05) is 35.7 Å². The monoisotopic (exact) mass is 606 g/mol. The number of aliphatic hydroxyl groups excluding tert-OH is 1. The van der Waals surface area contributed by atoms with Crippen molar-refractivity contribution in [2.24, 2.45) is 11.8 Å². The highest BCUT2D eigenvalue weighted by molar-refractivity contribution is 8.03. The van der Waals surface area contributed by atoms with E-state index < -0.39 is 48.2 Å². The van der Waals surface area contributed by atoms with Gasteiger partial charge in [-0.1, -0.05) is 44.9 Å². The van der Waals surface area contributed by atoms with Crippen LogP contribution in [0.4, 0.5) is 9.59 Å². The minimum Gasteiger partial charge on any atom is -0.457 e. The third-order valence-corrected chi connectivity index (χ3v) is 8.57. The second kappa shape index (κ2) is 14.9. The summed E-state index contributed by atoms with van der Waals surface area (Å²) in [5, 5.41) is 15.1. The maximum absolute atomic E-state index is 13.1. The summed E-state index contributed by atoms with van der Waals surface area (Å²) >= 11 is 1.31. The number of fused-ring (bicyclic) bond motifs is 1. The molecule has 3 heterocycles. The number of thioether (sulfide) groups is 1. The largest absolute Gasteiger partial charge is 0.457 e. The van der Waals surface area contributed by atoms with Crippen molar-refractivity contribution < 1.29 is 43.3 Å². The summed E-state index contributed by atoms with van der Waals surface area (Å²) in [6.07, 6.45) is 2.25. The highest BCUT2D eigenvalue weighted by Crippen LogP contribution is 2.52. The Kier molecular flexibility index (Phi) is 11.6. The molecule has 0 radical (unpaired) electrons. The van der Waals surface area contributed by atoms with Gasteiger partial charge in [-0.25, -0.2) is 14.4 Å². The van der Waals surface area contributed by atoms with Crippen LogP contribution >= 0.6 is 11.8 Å². The fourth-order valence-electron chi connectivity index (χ4n) is 5.25. The number of hydrogen-bond acceptors (Lipinski definition) is 10. The smallest absolute Gasteiger partial charge is 0.410 e. The van der Waals surface area contributed by atoms with Crippen LogP contribution in [0.5, 0.6) is 0 Å². The van der Waals surface area contributed by atoms with Gasteiger partial charge in [-0.2, -0.15) is 0 Å². The molecule has 3 rings (SSSR count). The van der Waals surface area contributed by atoms with Crippen molar-refractivity contribution in [3.63, 3.8) is 0 Å². The molecule has 0 aromatic rings. The van der Waals surface area contributed by atoms with E-state index in [1.807, 2.05) is 6.92 Å².